The van der Waals surface area contributed by atoms with E-state index in [1.807, 2.05) is 0 Å². The fourth-order valence-electron chi connectivity index (χ4n) is 2.01. The Morgan fingerprint density at radius 2 is 1.82 bits per heavy atom. The molecule has 0 aliphatic rings. The van der Waals surface area contributed by atoms with E-state index in [9.17, 15) is 8.42 Å². The van der Waals surface area contributed by atoms with Gasteiger partial charge in [0.2, 0.25) is 5.88 Å². The third-order valence-electron chi connectivity index (χ3n) is 3.33. The average molecular weight is 428 g/mol. The number of hydrogen-bond acceptors (Lipinski definition) is 8. The average Bonchev–Trinajstić information content (AvgIpc) is 2.68. The lowest BCUT2D eigenvalue weighted by Crippen LogP contribution is -2.31. The van der Waals surface area contributed by atoms with Gasteiger partial charge in [-0.05, 0) is 36.5 Å². The molecule has 1 aromatic heterocycles. The van der Waals surface area contributed by atoms with E-state index in [1.54, 1.807) is 19.2 Å². The molecule has 0 fully saturated rings. The number of rotatable bonds is 9. The molecule has 0 bridgehead atoms. The van der Waals surface area contributed by atoms with Crippen molar-refractivity contribution in [1.29, 1.82) is 0 Å². The van der Waals surface area contributed by atoms with E-state index < -0.39 is 10.0 Å². The monoisotopic (exact) mass is 427 g/mol. The minimum Gasteiger partial charge on any atom is -0.481 e. The first-order valence-corrected chi connectivity index (χ1v) is 9.91. The first-order valence-electron chi connectivity index (χ1n) is 8.01. The number of aromatic nitrogens is 2. The molecule has 0 aliphatic heterocycles. The summed E-state index contributed by atoms with van der Waals surface area (Å²) in [4.78, 5) is 7.91. The van der Waals surface area contributed by atoms with Gasteiger partial charge in [-0.3, -0.25) is 4.72 Å². The van der Waals surface area contributed by atoms with Gasteiger partial charge in [-0.15, -0.1) is 0 Å². The summed E-state index contributed by atoms with van der Waals surface area (Å²) in [6, 6.07) is 7.40. The molecule has 0 atom stereocenters. The van der Waals surface area contributed by atoms with Crippen molar-refractivity contribution in [2.24, 2.45) is 0 Å². The van der Waals surface area contributed by atoms with Gasteiger partial charge in [0, 0.05) is 25.4 Å². The van der Waals surface area contributed by atoms with E-state index in [-0.39, 0.29) is 22.6 Å². The van der Waals surface area contributed by atoms with Crippen LogP contribution in [0, 0.1) is 0 Å². The van der Waals surface area contributed by atoms with E-state index in [2.05, 4.69) is 25.3 Å². The van der Waals surface area contributed by atoms with Gasteiger partial charge in [0.05, 0.1) is 25.7 Å². The van der Waals surface area contributed by atoms with E-state index in [4.69, 9.17) is 26.4 Å². The molecule has 10 nitrogen and oxygen atoms in total. The minimum absolute atomic E-state index is 0.0221. The van der Waals surface area contributed by atoms with Crippen molar-refractivity contribution in [1.82, 2.24) is 15.3 Å². The third-order valence-corrected chi connectivity index (χ3v) is 4.94. The Kier molecular flexibility index (Phi) is 7.72. The number of nitrogens with zero attached hydrogens (tertiary/aromatic N) is 2. The zero-order valence-corrected chi connectivity index (χ0v) is 17.2. The van der Waals surface area contributed by atoms with E-state index in [0.29, 0.717) is 24.0 Å². The highest BCUT2D eigenvalue weighted by Crippen LogP contribution is 2.21. The lowest BCUT2D eigenvalue weighted by atomic mass is 10.3. The number of ether oxygens (including phenoxy) is 3. The van der Waals surface area contributed by atoms with Crippen LogP contribution < -0.4 is 24.8 Å². The van der Waals surface area contributed by atoms with Gasteiger partial charge in [0.15, 0.2) is 10.9 Å². The molecule has 12 heteroatoms. The lowest BCUT2D eigenvalue weighted by molar-refractivity contribution is 0.204. The maximum atomic E-state index is 12.6. The van der Waals surface area contributed by atoms with Gasteiger partial charge >= 0.3 is 6.01 Å². The SMILES string of the molecule is COCCNC(=S)Nc1ccc(S(=O)(=O)Nc2cc(OC)nc(OC)n2)cc1. The smallest absolute Gasteiger partial charge is 0.321 e. The molecule has 0 amide bonds. The number of thiocarbonyl (C=S) groups is 1. The van der Waals surface area contributed by atoms with Crippen LogP contribution in [0.5, 0.6) is 11.9 Å². The molecule has 0 unspecified atom stereocenters. The molecule has 0 saturated carbocycles. The number of anilines is 2. The van der Waals surface area contributed by atoms with E-state index >= 15 is 0 Å². The number of methoxy groups -OCH3 is 3. The summed E-state index contributed by atoms with van der Waals surface area (Å²) in [5.74, 6) is 0.188. The van der Waals surface area contributed by atoms with Crippen molar-refractivity contribution in [3.8, 4) is 11.9 Å². The number of sulfonamides is 1. The van der Waals surface area contributed by atoms with Gasteiger partial charge in [0.25, 0.3) is 10.0 Å². The molecule has 1 aromatic carbocycles. The number of nitrogens with one attached hydrogen (secondary N) is 3. The van der Waals surface area contributed by atoms with Crippen molar-refractivity contribution in [3.05, 3.63) is 30.3 Å². The molecule has 0 saturated heterocycles. The standard InChI is InChI=1S/C16H21N5O5S2/c1-24-9-8-17-16(27)18-11-4-6-12(7-5-11)28(22,23)21-13-10-14(25-2)20-15(19-13)26-3/h4-7,10H,8-9H2,1-3H3,(H2,17,18,27)(H,19,20,21). The van der Waals surface area contributed by atoms with E-state index in [1.165, 1.54) is 32.4 Å². The summed E-state index contributed by atoms with van der Waals surface area (Å²) in [7, 11) is 0.497. The Morgan fingerprint density at radius 1 is 1.11 bits per heavy atom. The molecule has 0 aliphatic carbocycles. The van der Waals surface area contributed by atoms with E-state index in [0.717, 1.165) is 0 Å². The second-order valence-electron chi connectivity index (χ2n) is 5.29. The second-order valence-corrected chi connectivity index (χ2v) is 7.38. The lowest BCUT2D eigenvalue weighted by Gasteiger charge is -2.12. The predicted molar refractivity (Wildman–Crippen MR) is 108 cm³/mol. The van der Waals surface area contributed by atoms with Crippen LogP contribution in [0.1, 0.15) is 0 Å². The highest BCUT2D eigenvalue weighted by atomic mass is 32.2. The first kappa shape index (κ1) is 21.6. The maximum Gasteiger partial charge on any atom is 0.321 e. The predicted octanol–water partition coefficient (Wildman–Crippen LogP) is 1.23. The fourth-order valence-corrected chi connectivity index (χ4v) is 3.22. The Hall–Kier alpha value is -2.70. The van der Waals surface area contributed by atoms with Crippen LogP contribution in [0.3, 0.4) is 0 Å². The molecule has 0 spiro atoms. The molecule has 3 N–H and O–H groups in total. The quantitative estimate of drug-likeness (QED) is 0.397. The topological polar surface area (TPSA) is 124 Å². The number of hydrogen-bond donors (Lipinski definition) is 3. The molecule has 152 valence electrons. The Balaban J connectivity index is 2.09. The van der Waals surface area contributed by atoms with Gasteiger partial charge in [0.1, 0.15) is 0 Å². The van der Waals surface area contributed by atoms with Crippen LogP contribution in [-0.4, -0.2) is 58.0 Å². The molecule has 28 heavy (non-hydrogen) atoms. The molecular weight excluding hydrogens is 406 g/mol. The van der Waals surface area contributed by atoms with Gasteiger partial charge in [-0.25, -0.2) is 8.42 Å². The van der Waals surface area contributed by atoms with Crippen molar-refractivity contribution in [3.63, 3.8) is 0 Å². The molecule has 2 rings (SSSR count). The summed E-state index contributed by atoms with van der Waals surface area (Å²) in [6.07, 6.45) is 0. The van der Waals surface area contributed by atoms with Crippen molar-refractivity contribution < 1.29 is 22.6 Å². The van der Waals surface area contributed by atoms with Crippen molar-refractivity contribution in [2.75, 3.05) is 44.5 Å². The van der Waals surface area contributed by atoms with Gasteiger partial charge < -0.3 is 24.8 Å². The third kappa shape index (κ3) is 6.18. The highest BCUT2D eigenvalue weighted by Gasteiger charge is 2.17. The van der Waals surface area contributed by atoms with Crippen LogP contribution in [0.4, 0.5) is 11.5 Å². The zero-order chi connectivity index (χ0) is 20.6. The summed E-state index contributed by atoms with van der Waals surface area (Å²) in [5, 5.41) is 6.32. The van der Waals surface area contributed by atoms with Crippen molar-refractivity contribution in [2.45, 2.75) is 4.90 Å². The van der Waals surface area contributed by atoms with Crippen LogP contribution in [-0.2, 0) is 14.8 Å². The zero-order valence-electron chi connectivity index (χ0n) is 15.6. The van der Waals surface area contributed by atoms with Crippen LogP contribution >= 0.6 is 12.2 Å². The first-order chi connectivity index (χ1) is 13.4. The summed E-state index contributed by atoms with van der Waals surface area (Å²) in [5.41, 5.74) is 0.638. The Bertz CT molecular complexity index is 884. The van der Waals surface area contributed by atoms with Crippen LogP contribution in [0.15, 0.2) is 35.2 Å². The normalized spacial score (nSPS) is 10.8. The minimum atomic E-state index is -3.87. The molecule has 1 heterocycles. The Morgan fingerprint density at radius 3 is 2.43 bits per heavy atom. The molecule has 0 radical (unpaired) electrons. The Labute approximate surface area is 168 Å². The summed E-state index contributed by atoms with van der Waals surface area (Å²) < 4.78 is 42.4. The fraction of sp³-hybridized carbons (Fsp3) is 0.312. The van der Waals surface area contributed by atoms with Gasteiger partial charge in [-0.2, -0.15) is 9.97 Å². The highest BCUT2D eigenvalue weighted by molar-refractivity contribution is 7.92. The largest absolute Gasteiger partial charge is 0.481 e. The molecular formula is C16H21N5O5S2. The van der Waals surface area contributed by atoms with Crippen LogP contribution in [0.25, 0.3) is 0 Å². The second kappa shape index (κ2) is 10.0. The summed E-state index contributed by atoms with van der Waals surface area (Å²) >= 11 is 5.14. The van der Waals surface area contributed by atoms with Gasteiger partial charge in [-0.1, -0.05) is 0 Å². The number of benzene rings is 1. The molecule has 2 aromatic rings. The van der Waals surface area contributed by atoms with Crippen molar-refractivity contribution >= 4 is 38.9 Å². The summed E-state index contributed by atoms with van der Waals surface area (Å²) in [6.45, 7) is 1.08. The van der Waals surface area contributed by atoms with Crippen LogP contribution in [0.2, 0.25) is 0 Å². The maximum absolute atomic E-state index is 12.6.